The van der Waals surface area contributed by atoms with E-state index < -0.39 is 0 Å². The number of likely N-dealkylation sites (N-methyl/N-ethyl adjacent to an activating group) is 1. The van der Waals surface area contributed by atoms with Crippen molar-refractivity contribution in [3.8, 4) is 0 Å². The number of hydrogen-bond donors (Lipinski definition) is 3. The predicted octanol–water partition coefficient (Wildman–Crippen LogP) is 0.169. The van der Waals surface area contributed by atoms with Gasteiger partial charge in [-0.1, -0.05) is 13.8 Å². The van der Waals surface area contributed by atoms with Crippen LogP contribution >= 0.6 is 0 Å². The predicted molar refractivity (Wildman–Crippen MR) is 57.7 cm³/mol. The van der Waals surface area contributed by atoms with E-state index in [1.165, 1.54) is 6.08 Å². The molecular weight excluding hydrogens is 180 g/mol. The van der Waals surface area contributed by atoms with Gasteiger partial charge in [-0.2, -0.15) is 0 Å². The lowest BCUT2D eigenvalue weighted by molar-refractivity contribution is -0.116. The van der Waals surface area contributed by atoms with E-state index in [4.69, 9.17) is 0 Å². The maximum absolute atomic E-state index is 11.0. The minimum atomic E-state index is -0.182. The standard InChI is InChI=1S/C9H18N4O/c1-4-6-11-8(13-12-5-2)7-9(14)10-3/h6-7,12-13H,4-5H2,1-3H3,(H,10,14)/b8-7+,11-6?. The molecule has 0 spiro atoms. The number of carbonyl (C=O) groups excluding carboxylic acids is 1. The van der Waals surface area contributed by atoms with Gasteiger partial charge in [-0.15, -0.1) is 0 Å². The molecule has 0 aromatic heterocycles. The number of carbonyl (C=O) groups is 1. The quantitative estimate of drug-likeness (QED) is 0.324. The van der Waals surface area contributed by atoms with Gasteiger partial charge in [-0.25, -0.2) is 10.4 Å². The molecule has 0 unspecified atom stereocenters. The van der Waals surface area contributed by atoms with Crippen LogP contribution in [0.4, 0.5) is 0 Å². The van der Waals surface area contributed by atoms with Crippen LogP contribution in [0, 0.1) is 0 Å². The molecule has 5 nitrogen and oxygen atoms in total. The highest BCUT2D eigenvalue weighted by Crippen LogP contribution is 1.89. The van der Waals surface area contributed by atoms with Gasteiger partial charge in [0.15, 0.2) is 0 Å². The molecule has 0 bridgehead atoms. The van der Waals surface area contributed by atoms with Crippen molar-refractivity contribution < 1.29 is 4.79 Å². The average Bonchev–Trinajstić information content (AvgIpc) is 2.21. The number of nitrogens with one attached hydrogen (secondary N) is 3. The van der Waals surface area contributed by atoms with Crippen LogP contribution in [0.1, 0.15) is 20.3 Å². The van der Waals surface area contributed by atoms with Crippen LogP contribution in [0.5, 0.6) is 0 Å². The zero-order valence-electron chi connectivity index (χ0n) is 8.92. The molecular formula is C9H18N4O. The highest BCUT2D eigenvalue weighted by atomic mass is 16.1. The molecule has 3 N–H and O–H groups in total. The van der Waals surface area contributed by atoms with Gasteiger partial charge in [-0.3, -0.25) is 4.79 Å². The first-order valence-corrected chi connectivity index (χ1v) is 4.69. The van der Waals surface area contributed by atoms with Gasteiger partial charge < -0.3 is 10.7 Å². The third kappa shape index (κ3) is 6.19. The Bertz CT molecular complexity index is 223. The fourth-order valence-corrected chi connectivity index (χ4v) is 0.671. The number of amides is 1. The molecule has 5 heteroatoms. The molecule has 0 aromatic carbocycles. The number of nitrogens with zero attached hydrogens (tertiary/aromatic N) is 1. The third-order valence-corrected chi connectivity index (χ3v) is 1.32. The van der Waals surface area contributed by atoms with E-state index in [2.05, 4.69) is 21.2 Å². The lowest BCUT2D eigenvalue weighted by Crippen LogP contribution is -2.31. The van der Waals surface area contributed by atoms with E-state index in [1.807, 2.05) is 13.8 Å². The van der Waals surface area contributed by atoms with Gasteiger partial charge in [0.25, 0.3) is 0 Å². The van der Waals surface area contributed by atoms with Crippen molar-refractivity contribution in [2.24, 2.45) is 4.99 Å². The Labute approximate surface area is 84.6 Å². The number of rotatable bonds is 6. The van der Waals surface area contributed by atoms with E-state index in [0.29, 0.717) is 5.82 Å². The van der Waals surface area contributed by atoms with Crippen molar-refractivity contribution in [3.63, 3.8) is 0 Å². The van der Waals surface area contributed by atoms with Crippen molar-refractivity contribution in [1.29, 1.82) is 0 Å². The zero-order chi connectivity index (χ0) is 10.8. The Morgan fingerprint density at radius 2 is 2.14 bits per heavy atom. The van der Waals surface area contributed by atoms with Crippen LogP contribution in [-0.2, 0) is 4.79 Å². The van der Waals surface area contributed by atoms with Gasteiger partial charge >= 0.3 is 0 Å². The molecule has 1 amide bonds. The lowest BCUT2D eigenvalue weighted by Gasteiger charge is -2.05. The SMILES string of the molecule is CCC=N/C(=C\C(=O)NC)NNCC. The topological polar surface area (TPSA) is 65.5 Å². The Balaban J connectivity index is 4.29. The molecule has 14 heavy (non-hydrogen) atoms. The number of hydrazine groups is 1. The van der Waals surface area contributed by atoms with Gasteiger partial charge in [0.05, 0.1) is 0 Å². The summed E-state index contributed by atoms with van der Waals surface area (Å²) in [7, 11) is 1.58. The summed E-state index contributed by atoms with van der Waals surface area (Å²) in [5, 5.41) is 2.49. The van der Waals surface area contributed by atoms with Crippen LogP contribution in [-0.4, -0.2) is 25.7 Å². The summed E-state index contributed by atoms with van der Waals surface area (Å²) in [6.45, 7) is 4.69. The Hall–Kier alpha value is -1.36. The van der Waals surface area contributed by atoms with Gasteiger partial charge in [-0.05, 0) is 6.42 Å². The Morgan fingerprint density at radius 1 is 1.43 bits per heavy atom. The van der Waals surface area contributed by atoms with E-state index in [-0.39, 0.29) is 5.91 Å². The number of hydrogen-bond acceptors (Lipinski definition) is 4. The largest absolute Gasteiger partial charge is 0.356 e. The summed E-state index contributed by atoms with van der Waals surface area (Å²) >= 11 is 0. The third-order valence-electron chi connectivity index (χ3n) is 1.32. The highest BCUT2D eigenvalue weighted by Gasteiger charge is 1.96. The van der Waals surface area contributed by atoms with E-state index >= 15 is 0 Å². The van der Waals surface area contributed by atoms with Crippen molar-refractivity contribution in [3.05, 3.63) is 11.9 Å². The second-order valence-electron chi connectivity index (χ2n) is 2.52. The smallest absolute Gasteiger partial charge is 0.247 e. The van der Waals surface area contributed by atoms with Crippen molar-refractivity contribution >= 4 is 12.1 Å². The molecule has 0 saturated carbocycles. The van der Waals surface area contributed by atoms with Gasteiger partial charge in [0, 0.05) is 25.9 Å². The molecule has 0 fully saturated rings. The molecule has 0 rings (SSSR count). The molecule has 0 aromatic rings. The van der Waals surface area contributed by atoms with Crippen LogP contribution in [0.25, 0.3) is 0 Å². The lowest BCUT2D eigenvalue weighted by atomic mass is 10.5. The minimum Gasteiger partial charge on any atom is -0.356 e. The fourth-order valence-electron chi connectivity index (χ4n) is 0.671. The average molecular weight is 198 g/mol. The zero-order valence-corrected chi connectivity index (χ0v) is 8.92. The first-order chi connectivity index (χ1) is 6.74. The molecule has 0 heterocycles. The van der Waals surface area contributed by atoms with Gasteiger partial charge in [0.1, 0.15) is 5.82 Å². The van der Waals surface area contributed by atoms with Crippen LogP contribution in [0.3, 0.4) is 0 Å². The fraction of sp³-hybridized carbons (Fsp3) is 0.556. The summed E-state index contributed by atoms with van der Waals surface area (Å²) in [6, 6.07) is 0. The van der Waals surface area contributed by atoms with Crippen LogP contribution in [0.2, 0.25) is 0 Å². The summed E-state index contributed by atoms with van der Waals surface area (Å²) in [6.07, 6.45) is 3.97. The first-order valence-electron chi connectivity index (χ1n) is 4.69. The van der Waals surface area contributed by atoms with E-state index in [9.17, 15) is 4.79 Å². The molecule has 0 aliphatic carbocycles. The first kappa shape index (κ1) is 12.6. The summed E-state index contributed by atoms with van der Waals surface area (Å²) in [5.41, 5.74) is 5.70. The summed E-state index contributed by atoms with van der Waals surface area (Å²) < 4.78 is 0. The van der Waals surface area contributed by atoms with Crippen LogP contribution < -0.4 is 16.2 Å². The van der Waals surface area contributed by atoms with E-state index in [0.717, 1.165) is 13.0 Å². The molecule has 0 aliphatic heterocycles. The van der Waals surface area contributed by atoms with Crippen LogP contribution in [0.15, 0.2) is 16.9 Å². The van der Waals surface area contributed by atoms with E-state index in [1.54, 1.807) is 13.3 Å². The van der Waals surface area contributed by atoms with Gasteiger partial charge in [0.2, 0.25) is 5.91 Å². The van der Waals surface area contributed by atoms with Crippen molar-refractivity contribution in [2.75, 3.05) is 13.6 Å². The molecule has 0 radical (unpaired) electrons. The molecule has 0 aliphatic rings. The summed E-state index contributed by atoms with van der Waals surface area (Å²) in [4.78, 5) is 15.1. The van der Waals surface area contributed by atoms with Crippen molar-refractivity contribution in [2.45, 2.75) is 20.3 Å². The molecule has 0 saturated heterocycles. The second-order valence-corrected chi connectivity index (χ2v) is 2.52. The molecule has 80 valence electrons. The maximum Gasteiger partial charge on any atom is 0.247 e. The molecule has 0 atom stereocenters. The second kappa shape index (κ2) is 8.25. The maximum atomic E-state index is 11.0. The van der Waals surface area contributed by atoms with Crippen molar-refractivity contribution in [1.82, 2.24) is 16.2 Å². The minimum absolute atomic E-state index is 0.182. The monoisotopic (exact) mass is 198 g/mol. The highest BCUT2D eigenvalue weighted by molar-refractivity contribution is 5.88. The normalized spacial score (nSPS) is 11.8. The Morgan fingerprint density at radius 3 is 2.64 bits per heavy atom. The summed E-state index contributed by atoms with van der Waals surface area (Å²) in [5.74, 6) is 0.326. The number of aliphatic imine (C=N–C) groups is 1. The Kier molecular flexibility index (Phi) is 7.45.